The summed E-state index contributed by atoms with van der Waals surface area (Å²) >= 11 is 0. The Morgan fingerprint density at radius 3 is 2.39 bits per heavy atom. The Balaban J connectivity index is 2.00. The molecule has 0 unspecified atom stereocenters. The second-order valence-electron chi connectivity index (χ2n) is 8.77. The number of hydrazine groups is 1. The number of amides is 1. The van der Waals surface area contributed by atoms with Crippen LogP contribution in [0.15, 0.2) is 30.3 Å². The van der Waals surface area contributed by atoms with Gasteiger partial charge in [0.2, 0.25) is 0 Å². The first-order chi connectivity index (χ1) is 14.3. The molecule has 3 rings (SSSR count). The second kappa shape index (κ2) is 7.86. The number of pyridine rings is 1. The summed E-state index contributed by atoms with van der Waals surface area (Å²) in [4.78, 5) is 17.8. The zero-order chi connectivity index (χ0) is 23.1. The molecule has 6 nitrogen and oxygen atoms in total. The lowest BCUT2D eigenvalue weighted by atomic mass is 10.0. The molecule has 1 aromatic carbocycles. The number of hydrogen-bond acceptors (Lipinski definition) is 4. The van der Waals surface area contributed by atoms with Crippen LogP contribution >= 0.6 is 0 Å². The van der Waals surface area contributed by atoms with Crippen molar-refractivity contribution in [3.63, 3.8) is 0 Å². The number of anilines is 1. The molecule has 0 saturated carbocycles. The number of carbonyl (C=O) groups excluding carboxylic acids is 1. The molecular weight excluding hydrogens is 407 g/mol. The molecule has 2 aromatic heterocycles. The van der Waals surface area contributed by atoms with Crippen LogP contribution in [0.25, 0.3) is 11.0 Å². The van der Waals surface area contributed by atoms with E-state index in [-0.39, 0.29) is 17.1 Å². The predicted octanol–water partition coefficient (Wildman–Crippen LogP) is 5.39. The van der Waals surface area contributed by atoms with Crippen molar-refractivity contribution >= 4 is 22.6 Å². The summed E-state index contributed by atoms with van der Waals surface area (Å²) in [6.45, 7) is 11.7. The van der Waals surface area contributed by atoms with Crippen molar-refractivity contribution in [2.75, 3.05) is 5.43 Å². The Hall–Kier alpha value is -3.10. The second-order valence-corrected chi connectivity index (χ2v) is 8.77. The van der Waals surface area contributed by atoms with Crippen LogP contribution in [-0.4, -0.2) is 20.7 Å². The smallest absolute Gasteiger partial charge is 0.298 e. The molecule has 9 heteroatoms. The molecule has 0 bridgehead atoms. The van der Waals surface area contributed by atoms with Gasteiger partial charge in [-0.15, -0.1) is 0 Å². The highest BCUT2D eigenvalue weighted by molar-refractivity contribution is 6.07. The maximum absolute atomic E-state index is 13.0. The summed E-state index contributed by atoms with van der Waals surface area (Å²) in [5, 5.41) is 5.20. The van der Waals surface area contributed by atoms with Crippen molar-refractivity contribution in [3.05, 3.63) is 52.8 Å². The first-order valence-corrected chi connectivity index (χ1v) is 9.93. The average molecular weight is 433 g/mol. The number of nitrogens with zero attached hydrogens (tertiary/aromatic N) is 3. The molecule has 2 N–H and O–H groups in total. The van der Waals surface area contributed by atoms with E-state index < -0.39 is 17.6 Å². The largest absolute Gasteiger partial charge is 0.416 e. The molecule has 166 valence electrons. The van der Waals surface area contributed by atoms with Crippen molar-refractivity contribution in [2.24, 2.45) is 0 Å². The van der Waals surface area contributed by atoms with Gasteiger partial charge < -0.3 is 0 Å². The number of aryl methyl sites for hydroxylation is 1. The van der Waals surface area contributed by atoms with Crippen LogP contribution in [0, 0.1) is 6.92 Å². The summed E-state index contributed by atoms with van der Waals surface area (Å²) in [7, 11) is 0. The minimum absolute atomic E-state index is 0.0657. The van der Waals surface area contributed by atoms with Crippen LogP contribution in [0.5, 0.6) is 0 Å². The van der Waals surface area contributed by atoms with E-state index in [0.29, 0.717) is 22.3 Å². The number of halogens is 3. The van der Waals surface area contributed by atoms with Gasteiger partial charge in [0, 0.05) is 5.69 Å². The van der Waals surface area contributed by atoms with Crippen LogP contribution < -0.4 is 10.9 Å². The maximum Gasteiger partial charge on any atom is 0.416 e. The molecule has 31 heavy (non-hydrogen) atoms. The molecule has 0 spiro atoms. The molecule has 0 saturated heterocycles. The van der Waals surface area contributed by atoms with Crippen molar-refractivity contribution < 1.29 is 18.0 Å². The zero-order valence-electron chi connectivity index (χ0n) is 18.3. The third kappa shape index (κ3) is 4.65. The monoisotopic (exact) mass is 433 g/mol. The van der Waals surface area contributed by atoms with Crippen LogP contribution in [0.1, 0.15) is 67.8 Å². The summed E-state index contributed by atoms with van der Waals surface area (Å²) in [6.07, 6.45) is -4.47. The minimum atomic E-state index is -4.47. The van der Waals surface area contributed by atoms with Crippen molar-refractivity contribution in [2.45, 2.75) is 59.2 Å². The van der Waals surface area contributed by atoms with Crippen LogP contribution in [0.3, 0.4) is 0 Å². The lowest BCUT2D eigenvalue weighted by Gasteiger charge is -2.20. The Morgan fingerprint density at radius 1 is 1.13 bits per heavy atom. The Labute approximate surface area is 178 Å². The molecule has 0 aliphatic carbocycles. The summed E-state index contributed by atoms with van der Waals surface area (Å²) in [5.41, 5.74) is 6.39. The minimum Gasteiger partial charge on any atom is -0.298 e. The third-order valence-corrected chi connectivity index (χ3v) is 4.81. The SMILES string of the molecule is Cc1nn(C(C)(C)C)c2nc(C(C)C)cc(C(=O)NNc3cccc(C(F)(F)F)c3)c12. The molecule has 0 aliphatic heterocycles. The van der Waals surface area contributed by atoms with Crippen molar-refractivity contribution in [3.8, 4) is 0 Å². The normalized spacial score (nSPS) is 12.5. The Kier molecular flexibility index (Phi) is 5.73. The highest BCUT2D eigenvalue weighted by atomic mass is 19.4. The van der Waals surface area contributed by atoms with Gasteiger partial charge in [-0.3, -0.25) is 15.6 Å². The van der Waals surface area contributed by atoms with Gasteiger partial charge in [0.15, 0.2) is 5.65 Å². The highest BCUT2D eigenvalue weighted by Gasteiger charge is 2.30. The molecule has 1 amide bonds. The van der Waals surface area contributed by atoms with E-state index in [0.717, 1.165) is 17.8 Å². The molecule has 0 aliphatic rings. The number of rotatable bonds is 4. The van der Waals surface area contributed by atoms with Gasteiger partial charge >= 0.3 is 6.18 Å². The molecule has 0 atom stereocenters. The molecule has 3 aromatic rings. The fourth-order valence-electron chi connectivity index (χ4n) is 3.22. The summed E-state index contributed by atoms with van der Waals surface area (Å²) in [5.74, 6) is -0.417. The van der Waals surface area contributed by atoms with Gasteiger partial charge in [0.25, 0.3) is 5.91 Å². The van der Waals surface area contributed by atoms with E-state index in [1.165, 1.54) is 12.1 Å². The summed E-state index contributed by atoms with van der Waals surface area (Å²) in [6, 6.07) is 6.33. The van der Waals surface area contributed by atoms with Gasteiger partial charge in [-0.2, -0.15) is 18.3 Å². The predicted molar refractivity (Wildman–Crippen MR) is 114 cm³/mol. The Bertz CT molecular complexity index is 1130. The standard InChI is InChI=1S/C22H26F3N5O/c1-12(2)17-11-16(18-13(3)29-30(19(18)26-17)21(4,5)6)20(31)28-27-15-9-7-8-14(10-15)22(23,24)25/h7-12,27H,1-6H3,(H,28,31). The number of benzene rings is 1. The van der Waals surface area contributed by atoms with E-state index in [9.17, 15) is 18.0 Å². The lowest BCUT2D eigenvalue weighted by molar-refractivity contribution is -0.137. The van der Waals surface area contributed by atoms with Crippen LogP contribution in [0.4, 0.5) is 18.9 Å². The average Bonchev–Trinajstić information content (AvgIpc) is 3.02. The van der Waals surface area contributed by atoms with E-state index in [4.69, 9.17) is 4.98 Å². The number of fused-ring (bicyclic) bond motifs is 1. The van der Waals surface area contributed by atoms with E-state index in [1.54, 1.807) is 17.7 Å². The Morgan fingerprint density at radius 2 is 1.81 bits per heavy atom. The summed E-state index contributed by atoms with van der Waals surface area (Å²) < 4.78 is 40.6. The lowest BCUT2D eigenvalue weighted by Crippen LogP contribution is -2.30. The fraction of sp³-hybridized carbons (Fsp3) is 0.409. The van der Waals surface area contributed by atoms with Crippen LogP contribution in [-0.2, 0) is 11.7 Å². The zero-order valence-corrected chi connectivity index (χ0v) is 18.3. The number of carbonyl (C=O) groups is 1. The van der Waals surface area contributed by atoms with E-state index >= 15 is 0 Å². The molecule has 2 heterocycles. The van der Waals surface area contributed by atoms with Crippen molar-refractivity contribution in [1.29, 1.82) is 0 Å². The van der Waals surface area contributed by atoms with Gasteiger partial charge in [0.05, 0.1) is 33.4 Å². The fourth-order valence-corrected chi connectivity index (χ4v) is 3.22. The van der Waals surface area contributed by atoms with Gasteiger partial charge in [-0.25, -0.2) is 9.67 Å². The van der Waals surface area contributed by atoms with Crippen molar-refractivity contribution in [1.82, 2.24) is 20.2 Å². The van der Waals surface area contributed by atoms with E-state index in [2.05, 4.69) is 16.0 Å². The molecular formula is C22H26F3N5O. The molecule has 0 fully saturated rings. The number of alkyl halides is 3. The maximum atomic E-state index is 13.0. The van der Waals surface area contributed by atoms with Gasteiger partial charge in [-0.05, 0) is 57.9 Å². The van der Waals surface area contributed by atoms with Crippen LogP contribution in [0.2, 0.25) is 0 Å². The highest BCUT2D eigenvalue weighted by Crippen LogP contribution is 2.31. The first-order valence-electron chi connectivity index (χ1n) is 9.93. The molecule has 0 radical (unpaired) electrons. The van der Waals surface area contributed by atoms with Gasteiger partial charge in [0.1, 0.15) is 0 Å². The van der Waals surface area contributed by atoms with E-state index in [1.807, 2.05) is 34.6 Å². The third-order valence-electron chi connectivity index (χ3n) is 4.81. The number of nitrogens with one attached hydrogen (secondary N) is 2. The first kappa shape index (κ1) is 22.6. The van der Waals surface area contributed by atoms with Gasteiger partial charge in [-0.1, -0.05) is 19.9 Å². The number of aromatic nitrogens is 3. The topological polar surface area (TPSA) is 71.8 Å². The number of hydrogen-bond donors (Lipinski definition) is 2. The quantitative estimate of drug-likeness (QED) is 0.541.